The second-order valence-electron chi connectivity index (χ2n) is 7.38. The highest BCUT2D eigenvalue weighted by molar-refractivity contribution is 7.89. The van der Waals surface area contributed by atoms with Crippen LogP contribution in [0.5, 0.6) is 0 Å². The van der Waals surface area contributed by atoms with E-state index >= 15 is 0 Å². The van der Waals surface area contributed by atoms with Crippen molar-refractivity contribution in [3.63, 3.8) is 0 Å². The van der Waals surface area contributed by atoms with Crippen molar-refractivity contribution in [1.82, 2.24) is 14.1 Å². The second kappa shape index (κ2) is 9.51. The van der Waals surface area contributed by atoms with E-state index in [1.165, 1.54) is 45.4 Å². The molecule has 0 atom stereocenters. The zero-order chi connectivity index (χ0) is 24.3. The van der Waals surface area contributed by atoms with E-state index in [2.05, 4.69) is 10.4 Å². The minimum absolute atomic E-state index is 0.0435. The van der Waals surface area contributed by atoms with Crippen LogP contribution >= 0.6 is 0 Å². The Kier molecular flexibility index (Phi) is 6.94. The molecule has 174 valence electrons. The van der Waals surface area contributed by atoms with Gasteiger partial charge in [0.2, 0.25) is 10.0 Å². The van der Waals surface area contributed by atoms with E-state index in [1.807, 2.05) is 0 Å². The summed E-state index contributed by atoms with van der Waals surface area (Å²) in [6.07, 6.45) is 0. The third-order valence-corrected chi connectivity index (χ3v) is 7.22. The zero-order valence-corrected chi connectivity index (χ0v) is 19.6. The fourth-order valence-electron chi connectivity index (χ4n) is 3.40. The largest absolute Gasteiger partial charge is 0.306 e. The van der Waals surface area contributed by atoms with Gasteiger partial charge in [-0.05, 0) is 43.7 Å². The number of aryl methyl sites for hydroxylation is 2. The lowest BCUT2D eigenvalue weighted by Gasteiger charge is -2.19. The number of nitro benzene ring substituents is 1. The van der Waals surface area contributed by atoms with Crippen molar-refractivity contribution < 1.29 is 18.1 Å². The molecule has 0 saturated heterocycles. The third-order valence-electron chi connectivity index (χ3n) is 5.18. The molecule has 0 saturated carbocycles. The number of aromatic nitrogens is 2. The van der Waals surface area contributed by atoms with Crippen molar-refractivity contribution >= 4 is 27.4 Å². The number of nitro groups is 1. The SMILES string of the molecule is CCN(CC)S(=O)(=O)c1ccc(C)c(C(=O)Nc2cc(C)nn2-c2ccc([N+](=O)[O-])cc2)c1. The van der Waals surface area contributed by atoms with Crippen LogP contribution in [0.2, 0.25) is 0 Å². The highest BCUT2D eigenvalue weighted by atomic mass is 32.2. The maximum absolute atomic E-state index is 13.1. The van der Waals surface area contributed by atoms with Gasteiger partial charge < -0.3 is 5.32 Å². The molecular weight excluding hydrogens is 446 g/mol. The molecule has 0 spiro atoms. The first kappa shape index (κ1) is 24.1. The number of hydrogen-bond donors (Lipinski definition) is 1. The molecule has 3 rings (SSSR count). The number of hydrogen-bond acceptors (Lipinski definition) is 6. The number of carbonyl (C=O) groups excluding carboxylic acids is 1. The molecule has 0 radical (unpaired) electrons. The molecule has 1 aromatic heterocycles. The molecule has 0 bridgehead atoms. The standard InChI is InChI=1S/C22H25N5O5S/c1-5-25(6-2)33(31,32)19-12-7-15(3)20(14-19)22(28)23-21-13-16(4)24-26(21)17-8-10-18(11-9-17)27(29)30/h7-14H,5-6H2,1-4H3,(H,23,28). The highest BCUT2D eigenvalue weighted by Gasteiger charge is 2.24. The maximum Gasteiger partial charge on any atom is 0.269 e. The average molecular weight is 472 g/mol. The van der Waals surface area contributed by atoms with Crippen molar-refractivity contribution in [3.05, 3.63) is 75.5 Å². The van der Waals surface area contributed by atoms with E-state index in [1.54, 1.807) is 39.8 Å². The van der Waals surface area contributed by atoms with Crippen LogP contribution in [0.1, 0.15) is 35.5 Å². The number of nitrogens with one attached hydrogen (secondary N) is 1. The molecule has 0 fully saturated rings. The van der Waals surface area contributed by atoms with Gasteiger partial charge in [0.05, 0.1) is 21.2 Å². The monoisotopic (exact) mass is 471 g/mol. The molecule has 0 aliphatic carbocycles. The minimum Gasteiger partial charge on any atom is -0.306 e. The Hall–Kier alpha value is -3.57. The molecule has 33 heavy (non-hydrogen) atoms. The van der Waals surface area contributed by atoms with E-state index in [-0.39, 0.29) is 16.1 Å². The average Bonchev–Trinajstić information content (AvgIpc) is 3.14. The lowest BCUT2D eigenvalue weighted by Crippen LogP contribution is -2.30. The number of benzene rings is 2. The molecular formula is C22H25N5O5S. The minimum atomic E-state index is -3.72. The Morgan fingerprint density at radius 3 is 2.30 bits per heavy atom. The van der Waals surface area contributed by atoms with Crippen LogP contribution in [0.15, 0.2) is 53.4 Å². The fraction of sp³-hybridized carbons (Fsp3) is 0.273. The van der Waals surface area contributed by atoms with Gasteiger partial charge in [-0.1, -0.05) is 19.9 Å². The molecule has 10 nitrogen and oxygen atoms in total. The van der Waals surface area contributed by atoms with E-state index in [0.29, 0.717) is 35.9 Å². The van der Waals surface area contributed by atoms with E-state index in [0.717, 1.165) is 0 Å². The molecule has 0 aliphatic heterocycles. The predicted octanol–water partition coefficient (Wildman–Crippen LogP) is 3.68. The summed E-state index contributed by atoms with van der Waals surface area (Å²) in [4.78, 5) is 23.6. The summed E-state index contributed by atoms with van der Waals surface area (Å²) in [5.41, 5.74) is 1.92. The maximum atomic E-state index is 13.1. The quantitative estimate of drug-likeness (QED) is 0.394. The van der Waals surface area contributed by atoms with Crippen molar-refractivity contribution in [2.24, 2.45) is 0 Å². The van der Waals surface area contributed by atoms with Crippen LogP contribution in [0.3, 0.4) is 0 Å². The molecule has 11 heteroatoms. The number of anilines is 1. The van der Waals surface area contributed by atoms with Crippen molar-refractivity contribution in [2.75, 3.05) is 18.4 Å². The Balaban J connectivity index is 1.95. The van der Waals surface area contributed by atoms with Crippen LogP contribution in [0.4, 0.5) is 11.5 Å². The summed E-state index contributed by atoms with van der Waals surface area (Å²) in [6.45, 7) is 7.63. The molecule has 2 aromatic carbocycles. The van der Waals surface area contributed by atoms with Gasteiger partial charge in [0.1, 0.15) is 5.82 Å². The summed E-state index contributed by atoms with van der Waals surface area (Å²) < 4.78 is 28.6. The van der Waals surface area contributed by atoms with Crippen LogP contribution < -0.4 is 5.32 Å². The Morgan fingerprint density at radius 2 is 1.73 bits per heavy atom. The number of rotatable bonds is 8. The summed E-state index contributed by atoms with van der Waals surface area (Å²) in [5, 5.41) is 18.0. The first-order chi connectivity index (χ1) is 15.6. The second-order valence-corrected chi connectivity index (χ2v) is 9.31. The predicted molar refractivity (Wildman–Crippen MR) is 124 cm³/mol. The van der Waals surface area contributed by atoms with Gasteiger partial charge in [-0.15, -0.1) is 0 Å². The number of nitrogens with zero attached hydrogens (tertiary/aromatic N) is 4. The summed E-state index contributed by atoms with van der Waals surface area (Å²) >= 11 is 0. The van der Waals surface area contributed by atoms with Gasteiger partial charge in [-0.25, -0.2) is 13.1 Å². The van der Waals surface area contributed by atoms with Gasteiger partial charge >= 0.3 is 0 Å². The van der Waals surface area contributed by atoms with Crippen molar-refractivity contribution in [2.45, 2.75) is 32.6 Å². The van der Waals surface area contributed by atoms with Gasteiger partial charge in [0.15, 0.2) is 0 Å². The smallest absolute Gasteiger partial charge is 0.269 e. The molecule has 3 aromatic rings. The summed E-state index contributed by atoms with van der Waals surface area (Å²) in [6, 6.07) is 11.9. The van der Waals surface area contributed by atoms with Crippen LogP contribution in [0, 0.1) is 24.0 Å². The van der Waals surface area contributed by atoms with Gasteiger partial charge in [0.25, 0.3) is 11.6 Å². The fourth-order valence-corrected chi connectivity index (χ4v) is 4.89. The van der Waals surface area contributed by atoms with E-state index in [4.69, 9.17) is 0 Å². The van der Waals surface area contributed by atoms with Gasteiger partial charge in [-0.3, -0.25) is 14.9 Å². The van der Waals surface area contributed by atoms with E-state index in [9.17, 15) is 23.3 Å². The summed E-state index contributed by atoms with van der Waals surface area (Å²) in [7, 11) is -3.72. The van der Waals surface area contributed by atoms with Crippen LogP contribution in [0.25, 0.3) is 5.69 Å². The number of sulfonamides is 1. The third kappa shape index (κ3) is 4.94. The molecule has 0 unspecified atom stereocenters. The Bertz CT molecular complexity index is 1300. The molecule has 1 amide bonds. The first-order valence-corrected chi connectivity index (χ1v) is 11.8. The molecule has 0 aliphatic rings. The summed E-state index contributed by atoms with van der Waals surface area (Å²) in [5.74, 6) is -0.144. The Labute approximate surface area is 192 Å². The number of non-ortho nitro benzene ring substituents is 1. The molecule has 1 N–H and O–H groups in total. The molecule has 1 heterocycles. The van der Waals surface area contributed by atoms with Gasteiger partial charge in [-0.2, -0.15) is 9.40 Å². The normalized spacial score (nSPS) is 11.5. The van der Waals surface area contributed by atoms with Gasteiger partial charge in [0, 0.05) is 36.9 Å². The lowest BCUT2D eigenvalue weighted by molar-refractivity contribution is -0.384. The number of amides is 1. The highest BCUT2D eigenvalue weighted by Crippen LogP contribution is 2.23. The Morgan fingerprint density at radius 1 is 1.09 bits per heavy atom. The number of carbonyl (C=O) groups is 1. The lowest BCUT2D eigenvalue weighted by atomic mass is 10.1. The van der Waals surface area contributed by atoms with Crippen LogP contribution in [-0.4, -0.2) is 46.4 Å². The first-order valence-electron chi connectivity index (χ1n) is 10.3. The van der Waals surface area contributed by atoms with Crippen molar-refractivity contribution in [3.8, 4) is 5.69 Å². The zero-order valence-electron chi connectivity index (χ0n) is 18.8. The van der Waals surface area contributed by atoms with Crippen LogP contribution in [-0.2, 0) is 10.0 Å². The topological polar surface area (TPSA) is 127 Å². The van der Waals surface area contributed by atoms with E-state index < -0.39 is 20.9 Å². The van der Waals surface area contributed by atoms with Crippen molar-refractivity contribution in [1.29, 1.82) is 0 Å².